The maximum absolute atomic E-state index is 12.2. The lowest BCUT2D eigenvalue weighted by atomic mass is 10.1. The molecule has 5 nitrogen and oxygen atoms in total. The number of carbonyl (C=O) groups is 1. The lowest BCUT2D eigenvalue weighted by Gasteiger charge is -2.34. The molecular formula is C28H29N3O2. The highest BCUT2D eigenvalue weighted by molar-refractivity contribution is 5.96. The molecule has 0 atom stereocenters. The summed E-state index contributed by atoms with van der Waals surface area (Å²) in [5.74, 6) is -0.301. The van der Waals surface area contributed by atoms with Gasteiger partial charge in [-0.3, -0.25) is 9.80 Å². The first kappa shape index (κ1) is 21.4. The summed E-state index contributed by atoms with van der Waals surface area (Å²) in [4.78, 5) is 17.2. The topological polar surface area (TPSA) is 37.7 Å². The van der Waals surface area contributed by atoms with Crippen LogP contribution in [0.15, 0.2) is 85.1 Å². The zero-order valence-electron chi connectivity index (χ0n) is 19.0. The van der Waals surface area contributed by atoms with E-state index >= 15 is 0 Å². The van der Waals surface area contributed by atoms with Crippen LogP contribution in [0.25, 0.3) is 16.6 Å². The van der Waals surface area contributed by atoms with Gasteiger partial charge in [0, 0.05) is 56.5 Å². The Morgan fingerprint density at radius 1 is 0.818 bits per heavy atom. The van der Waals surface area contributed by atoms with Gasteiger partial charge < -0.3 is 9.30 Å². The lowest BCUT2D eigenvalue weighted by molar-refractivity contribution is 0.0601. The van der Waals surface area contributed by atoms with Gasteiger partial charge >= 0.3 is 5.97 Å². The van der Waals surface area contributed by atoms with Crippen LogP contribution < -0.4 is 0 Å². The van der Waals surface area contributed by atoms with Crippen LogP contribution in [0.5, 0.6) is 0 Å². The number of para-hydroxylation sites is 1. The zero-order chi connectivity index (χ0) is 22.6. The van der Waals surface area contributed by atoms with Crippen molar-refractivity contribution in [1.29, 1.82) is 0 Å². The number of benzene rings is 3. The molecule has 1 fully saturated rings. The summed E-state index contributed by atoms with van der Waals surface area (Å²) >= 11 is 0. The van der Waals surface area contributed by atoms with Crippen molar-refractivity contribution in [2.45, 2.75) is 13.1 Å². The van der Waals surface area contributed by atoms with E-state index < -0.39 is 0 Å². The standard InChI is InChI=1S/C28H29N3O2/c1-33-28(32)23-12-13-27-26(18-23)24(21-31(27)25-10-6-3-7-11-25)20-30-16-14-29(15-17-30)19-22-8-4-2-5-9-22/h2-13,18,21H,14-17,19-20H2,1H3. The molecule has 1 aliphatic heterocycles. The molecule has 33 heavy (non-hydrogen) atoms. The van der Waals surface area contributed by atoms with Crippen LogP contribution in [0, 0.1) is 0 Å². The maximum Gasteiger partial charge on any atom is 0.337 e. The van der Waals surface area contributed by atoms with Crippen molar-refractivity contribution in [3.63, 3.8) is 0 Å². The first-order valence-electron chi connectivity index (χ1n) is 11.5. The molecule has 1 saturated heterocycles. The van der Waals surface area contributed by atoms with Crippen LogP contribution in [0.4, 0.5) is 0 Å². The van der Waals surface area contributed by atoms with E-state index in [9.17, 15) is 4.79 Å². The summed E-state index contributed by atoms with van der Waals surface area (Å²) < 4.78 is 7.19. The third kappa shape index (κ3) is 4.70. The fraction of sp³-hybridized carbons (Fsp3) is 0.250. The number of carbonyl (C=O) groups excluding carboxylic acids is 1. The third-order valence-electron chi connectivity index (χ3n) is 6.45. The lowest BCUT2D eigenvalue weighted by Crippen LogP contribution is -2.45. The number of rotatable bonds is 6. The third-order valence-corrected chi connectivity index (χ3v) is 6.45. The quantitative estimate of drug-likeness (QED) is 0.407. The van der Waals surface area contributed by atoms with E-state index in [2.05, 4.69) is 75.2 Å². The Labute approximate surface area is 194 Å². The van der Waals surface area contributed by atoms with Gasteiger partial charge in [-0.25, -0.2) is 4.79 Å². The molecule has 0 aliphatic carbocycles. The van der Waals surface area contributed by atoms with Crippen molar-refractivity contribution < 1.29 is 9.53 Å². The Bertz CT molecular complexity index is 1230. The fourth-order valence-corrected chi connectivity index (χ4v) is 4.66. The van der Waals surface area contributed by atoms with Gasteiger partial charge in [0.2, 0.25) is 0 Å². The van der Waals surface area contributed by atoms with Crippen LogP contribution in [-0.4, -0.2) is 53.6 Å². The molecule has 0 bridgehead atoms. The minimum atomic E-state index is -0.301. The fourth-order valence-electron chi connectivity index (χ4n) is 4.66. The highest BCUT2D eigenvalue weighted by Crippen LogP contribution is 2.28. The number of nitrogens with zero attached hydrogens (tertiary/aromatic N) is 3. The number of hydrogen-bond acceptors (Lipinski definition) is 4. The molecule has 0 spiro atoms. The van der Waals surface area contributed by atoms with Crippen LogP contribution in [0.2, 0.25) is 0 Å². The van der Waals surface area contributed by atoms with E-state index in [0.717, 1.165) is 55.9 Å². The van der Waals surface area contributed by atoms with Gasteiger partial charge in [-0.15, -0.1) is 0 Å². The van der Waals surface area contributed by atoms with E-state index in [-0.39, 0.29) is 5.97 Å². The predicted molar refractivity (Wildman–Crippen MR) is 132 cm³/mol. The average Bonchev–Trinajstić information content (AvgIpc) is 3.23. The first-order valence-corrected chi connectivity index (χ1v) is 11.5. The largest absolute Gasteiger partial charge is 0.465 e. The molecule has 1 aliphatic rings. The van der Waals surface area contributed by atoms with Crippen molar-refractivity contribution in [3.05, 3.63) is 102 Å². The number of esters is 1. The molecule has 0 N–H and O–H groups in total. The Kier molecular flexibility index (Phi) is 6.24. The smallest absolute Gasteiger partial charge is 0.337 e. The number of ether oxygens (including phenoxy) is 1. The Hall–Kier alpha value is -3.41. The minimum Gasteiger partial charge on any atom is -0.465 e. The Morgan fingerprint density at radius 2 is 1.45 bits per heavy atom. The molecule has 0 radical (unpaired) electrons. The summed E-state index contributed by atoms with van der Waals surface area (Å²) in [6.45, 7) is 6.03. The van der Waals surface area contributed by atoms with Crippen molar-refractivity contribution >= 4 is 16.9 Å². The van der Waals surface area contributed by atoms with Gasteiger partial charge in [0.1, 0.15) is 0 Å². The molecule has 0 unspecified atom stereocenters. The highest BCUT2D eigenvalue weighted by atomic mass is 16.5. The molecule has 4 aromatic rings. The first-order chi connectivity index (χ1) is 16.2. The average molecular weight is 440 g/mol. The van der Waals surface area contributed by atoms with Gasteiger partial charge in [0.05, 0.1) is 18.2 Å². The number of methoxy groups -OCH3 is 1. The summed E-state index contributed by atoms with van der Waals surface area (Å²) in [5.41, 5.74) is 5.41. The van der Waals surface area contributed by atoms with Crippen LogP contribution in [0.3, 0.4) is 0 Å². The van der Waals surface area contributed by atoms with Gasteiger partial charge in [0.25, 0.3) is 0 Å². The molecular weight excluding hydrogens is 410 g/mol. The molecule has 1 aromatic heterocycles. The second kappa shape index (κ2) is 9.61. The Balaban J connectivity index is 1.37. The summed E-state index contributed by atoms with van der Waals surface area (Å²) in [6.07, 6.45) is 2.22. The van der Waals surface area contributed by atoms with Crippen LogP contribution in [-0.2, 0) is 17.8 Å². The monoisotopic (exact) mass is 439 g/mol. The van der Waals surface area contributed by atoms with Crippen molar-refractivity contribution in [3.8, 4) is 5.69 Å². The van der Waals surface area contributed by atoms with E-state index in [0.29, 0.717) is 5.56 Å². The number of fused-ring (bicyclic) bond motifs is 1. The van der Waals surface area contributed by atoms with Crippen molar-refractivity contribution in [2.75, 3.05) is 33.3 Å². The number of hydrogen-bond donors (Lipinski definition) is 0. The molecule has 5 heteroatoms. The van der Waals surface area contributed by atoms with Gasteiger partial charge in [-0.05, 0) is 41.5 Å². The van der Waals surface area contributed by atoms with Gasteiger partial charge in [0.15, 0.2) is 0 Å². The molecule has 3 aromatic carbocycles. The van der Waals surface area contributed by atoms with E-state index in [4.69, 9.17) is 4.74 Å². The normalized spacial score (nSPS) is 15.1. The van der Waals surface area contributed by atoms with Crippen molar-refractivity contribution in [1.82, 2.24) is 14.4 Å². The molecule has 0 amide bonds. The van der Waals surface area contributed by atoms with Gasteiger partial charge in [-0.1, -0.05) is 48.5 Å². The zero-order valence-corrected chi connectivity index (χ0v) is 19.0. The molecule has 5 rings (SSSR count). The molecule has 2 heterocycles. The molecule has 168 valence electrons. The summed E-state index contributed by atoms with van der Waals surface area (Å²) in [5, 5.41) is 1.11. The number of piperazine rings is 1. The Morgan fingerprint density at radius 3 is 2.12 bits per heavy atom. The van der Waals surface area contributed by atoms with Crippen LogP contribution >= 0.6 is 0 Å². The number of aromatic nitrogens is 1. The van der Waals surface area contributed by atoms with E-state index in [1.54, 1.807) is 0 Å². The minimum absolute atomic E-state index is 0.301. The highest BCUT2D eigenvalue weighted by Gasteiger charge is 2.20. The van der Waals surface area contributed by atoms with Crippen LogP contribution in [0.1, 0.15) is 21.5 Å². The molecule has 0 saturated carbocycles. The summed E-state index contributed by atoms with van der Waals surface area (Å²) in [7, 11) is 1.43. The summed E-state index contributed by atoms with van der Waals surface area (Å²) in [6, 6.07) is 26.9. The second-order valence-corrected chi connectivity index (χ2v) is 8.62. The second-order valence-electron chi connectivity index (χ2n) is 8.62. The predicted octanol–water partition coefficient (Wildman–Crippen LogP) is 4.73. The van der Waals surface area contributed by atoms with E-state index in [1.807, 2.05) is 24.3 Å². The maximum atomic E-state index is 12.2. The van der Waals surface area contributed by atoms with Gasteiger partial charge in [-0.2, -0.15) is 0 Å². The SMILES string of the molecule is COC(=O)c1ccc2c(c1)c(CN1CCN(Cc3ccccc3)CC1)cn2-c1ccccc1. The van der Waals surface area contributed by atoms with Crippen molar-refractivity contribution in [2.24, 2.45) is 0 Å². The van der Waals surface area contributed by atoms with E-state index in [1.165, 1.54) is 18.2 Å².